The van der Waals surface area contributed by atoms with Gasteiger partial charge in [-0.2, -0.15) is 0 Å². The lowest BCUT2D eigenvalue weighted by Gasteiger charge is -2.13. The lowest BCUT2D eigenvalue weighted by atomic mass is 10.2. The predicted octanol–water partition coefficient (Wildman–Crippen LogP) is 1.96. The molecule has 0 aliphatic carbocycles. The summed E-state index contributed by atoms with van der Waals surface area (Å²) < 4.78 is 10.9. The van der Waals surface area contributed by atoms with Crippen LogP contribution in [0.4, 0.5) is 0 Å². The van der Waals surface area contributed by atoms with Crippen LogP contribution in [0.5, 0.6) is 11.5 Å². The Morgan fingerprint density at radius 2 is 1.40 bits per heavy atom. The molecule has 2 aromatic rings. The van der Waals surface area contributed by atoms with E-state index in [2.05, 4.69) is 0 Å². The molecule has 0 aliphatic heterocycles. The number of benzene rings is 2. The van der Waals surface area contributed by atoms with E-state index >= 15 is 0 Å². The average molecular weight is 273 g/mol. The molecule has 3 N–H and O–H groups in total. The van der Waals surface area contributed by atoms with Gasteiger partial charge in [-0.15, -0.1) is 0 Å². The van der Waals surface area contributed by atoms with E-state index < -0.39 is 6.10 Å². The Kier molecular flexibility index (Phi) is 5.41. The Bertz CT molecular complexity index is 499. The molecule has 0 bridgehead atoms. The van der Waals surface area contributed by atoms with Gasteiger partial charge in [-0.05, 0) is 29.8 Å². The number of hydrogen-bond acceptors (Lipinski definition) is 4. The van der Waals surface area contributed by atoms with Crippen molar-refractivity contribution >= 4 is 0 Å². The van der Waals surface area contributed by atoms with Gasteiger partial charge in [0.1, 0.15) is 30.8 Å². The van der Waals surface area contributed by atoms with Gasteiger partial charge < -0.3 is 20.3 Å². The van der Waals surface area contributed by atoms with Gasteiger partial charge in [0.05, 0.1) is 0 Å². The first kappa shape index (κ1) is 14.4. The summed E-state index contributed by atoms with van der Waals surface area (Å²) in [6, 6.07) is 16.9. The molecule has 4 heteroatoms. The summed E-state index contributed by atoms with van der Waals surface area (Å²) in [5.74, 6) is 1.44. The molecule has 0 saturated heterocycles. The molecule has 0 radical (unpaired) electrons. The second kappa shape index (κ2) is 7.53. The van der Waals surface area contributed by atoms with Crippen molar-refractivity contribution in [2.75, 3.05) is 13.2 Å². The van der Waals surface area contributed by atoms with Crippen LogP contribution in [0.3, 0.4) is 0 Å². The number of hydrogen-bond donors (Lipinski definition) is 2. The first-order valence-electron chi connectivity index (χ1n) is 6.55. The van der Waals surface area contributed by atoms with Gasteiger partial charge in [0.25, 0.3) is 0 Å². The summed E-state index contributed by atoms with van der Waals surface area (Å²) in [7, 11) is 0. The van der Waals surface area contributed by atoms with Gasteiger partial charge in [0, 0.05) is 6.54 Å². The van der Waals surface area contributed by atoms with E-state index in [0.29, 0.717) is 12.3 Å². The van der Waals surface area contributed by atoms with Crippen LogP contribution < -0.4 is 15.2 Å². The van der Waals surface area contributed by atoms with Crippen molar-refractivity contribution < 1.29 is 14.6 Å². The number of nitrogens with two attached hydrogens (primary N) is 1. The number of aliphatic hydroxyl groups is 1. The zero-order valence-corrected chi connectivity index (χ0v) is 11.2. The van der Waals surface area contributed by atoms with Gasteiger partial charge in [0.2, 0.25) is 0 Å². The maximum absolute atomic E-state index is 9.80. The second-order valence-electron chi connectivity index (χ2n) is 4.44. The predicted molar refractivity (Wildman–Crippen MR) is 77.8 cm³/mol. The summed E-state index contributed by atoms with van der Waals surface area (Å²) in [6.07, 6.45) is -0.676. The molecule has 4 nitrogen and oxygen atoms in total. The lowest BCUT2D eigenvalue weighted by Crippen LogP contribution is -2.25. The summed E-state index contributed by atoms with van der Waals surface area (Å²) >= 11 is 0. The van der Waals surface area contributed by atoms with Crippen LogP contribution in [0.1, 0.15) is 5.56 Å². The molecule has 1 unspecified atom stereocenters. The van der Waals surface area contributed by atoms with Crippen LogP contribution in [-0.4, -0.2) is 24.4 Å². The second-order valence-corrected chi connectivity index (χ2v) is 4.44. The Balaban J connectivity index is 1.73. The molecule has 2 rings (SSSR count). The average Bonchev–Trinajstić information content (AvgIpc) is 2.52. The molecule has 0 amide bonds. The quantitative estimate of drug-likeness (QED) is 0.809. The van der Waals surface area contributed by atoms with E-state index in [1.165, 1.54) is 0 Å². The van der Waals surface area contributed by atoms with Crippen molar-refractivity contribution in [1.82, 2.24) is 0 Å². The van der Waals surface area contributed by atoms with Gasteiger partial charge in [-0.1, -0.05) is 30.3 Å². The van der Waals surface area contributed by atoms with Crippen LogP contribution in [-0.2, 0) is 6.54 Å². The first-order valence-corrected chi connectivity index (χ1v) is 6.55. The third kappa shape index (κ3) is 4.57. The van der Waals surface area contributed by atoms with Crippen LogP contribution >= 0.6 is 0 Å². The highest BCUT2D eigenvalue weighted by Crippen LogP contribution is 2.13. The summed E-state index contributed by atoms with van der Waals surface area (Å²) in [5, 5.41) is 9.80. The molecule has 1 atom stereocenters. The Morgan fingerprint density at radius 1 is 0.850 bits per heavy atom. The largest absolute Gasteiger partial charge is 0.491 e. The monoisotopic (exact) mass is 273 g/mol. The fraction of sp³-hybridized carbons (Fsp3) is 0.250. The third-order valence-corrected chi connectivity index (χ3v) is 2.79. The van der Waals surface area contributed by atoms with E-state index in [9.17, 15) is 5.11 Å². The molecule has 0 saturated carbocycles. The van der Waals surface area contributed by atoms with Crippen LogP contribution in [0.2, 0.25) is 0 Å². The molecule has 2 aromatic carbocycles. The summed E-state index contributed by atoms with van der Waals surface area (Å²) in [4.78, 5) is 0. The minimum absolute atomic E-state index is 0.189. The Labute approximate surface area is 118 Å². The highest BCUT2D eigenvalue weighted by atomic mass is 16.5. The molecule has 0 spiro atoms. The van der Waals surface area contributed by atoms with Crippen LogP contribution in [0.25, 0.3) is 0 Å². The fourth-order valence-corrected chi connectivity index (χ4v) is 1.67. The Morgan fingerprint density at radius 3 is 1.95 bits per heavy atom. The molecule has 0 aliphatic rings. The van der Waals surface area contributed by atoms with Gasteiger partial charge in [-0.3, -0.25) is 0 Å². The van der Waals surface area contributed by atoms with Crippen LogP contribution in [0, 0.1) is 0 Å². The molecule has 0 aromatic heterocycles. The molecular formula is C16H19NO3. The molecule has 106 valence electrons. The lowest BCUT2D eigenvalue weighted by molar-refractivity contribution is 0.0626. The number of ether oxygens (including phenoxy) is 2. The molecule has 0 fully saturated rings. The van der Waals surface area contributed by atoms with Crippen molar-refractivity contribution in [3.63, 3.8) is 0 Å². The van der Waals surface area contributed by atoms with Crippen molar-refractivity contribution in [2.24, 2.45) is 5.73 Å². The van der Waals surface area contributed by atoms with Gasteiger partial charge >= 0.3 is 0 Å². The normalized spacial score (nSPS) is 11.9. The number of para-hydroxylation sites is 1. The Hall–Kier alpha value is -2.04. The summed E-state index contributed by atoms with van der Waals surface area (Å²) in [6.45, 7) is 0.896. The van der Waals surface area contributed by atoms with Crippen molar-refractivity contribution in [3.05, 3.63) is 60.2 Å². The smallest absolute Gasteiger partial charge is 0.122 e. The van der Waals surface area contributed by atoms with E-state index in [1.54, 1.807) is 0 Å². The maximum Gasteiger partial charge on any atom is 0.122 e. The SMILES string of the molecule is NCc1ccc(OCC(O)COc2ccccc2)cc1. The van der Waals surface area contributed by atoms with E-state index in [1.807, 2.05) is 54.6 Å². The molecule has 0 heterocycles. The van der Waals surface area contributed by atoms with Crippen LogP contribution in [0.15, 0.2) is 54.6 Å². The molecular weight excluding hydrogens is 254 g/mol. The van der Waals surface area contributed by atoms with Crippen molar-refractivity contribution in [2.45, 2.75) is 12.6 Å². The van der Waals surface area contributed by atoms with Gasteiger partial charge in [0.15, 0.2) is 0 Å². The molecule has 20 heavy (non-hydrogen) atoms. The number of aliphatic hydroxyl groups excluding tert-OH is 1. The minimum Gasteiger partial charge on any atom is -0.491 e. The first-order chi connectivity index (χ1) is 9.78. The zero-order chi connectivity index (χ0) is 14.2. The topological polar surface area (TPSA) is 64.7 Å². The number of rotatable bonds is 7. The van der Waals surface area contributed by atoms with E-state index in [4.69, 9.17) is 15.2 Å². The fourth-order valence-electron chi connectivity index (χ4n) is 1.67. The van der Waals surface area contributed by atoms with Gasteiger partial charge in [-0.25, -0.2) is 0 Å². The third-order valence-electron chi connectivity index (χ3n) is 2.79. The highest BCUT2D eigenvalue weighted by molar-refractivity contribution is 5.27. The van der Waals surface area contributed by atoms with Crippen molar-refractivity contribution in [3.8, 4) is 11.5 Å². The van der Waals surface area contributed by atoms with Crippen molar-refractivity contribution in [1.29, 1.82) is 0 Å². The van der Waals surface area contributed by atoms with E-state index in [0.717, 1.165) is 11.3 Å². The minimum atomic E-state index is -0.676. The summed E-state index contributed by atoms with van der Waals surface area (Å²) in [5.41, 5.74) is 6.57. The standard InChI is InChI=1S/C16H19NO3/c17-10-13-6-8-16(9-7-13)20-12-14(18)11-19-15-4-2-1-3-5-15/h1-9,14,18H,10-12,17H2. The zero-order valence-electron chi connectivity index (χ0n) is 11.2. The maximum atomic E-state index is 9.80. The van der Waals surface area contributed by atoms with E-state index in [-0.39, 0.29) is 13.2 Å². The highest BCUT2D eigenvalue weighted by Gasteiger charge is 2.06.